The lowest BCUT2D eigenvalue weighted by Crippen LogP contribution is -2.59. The lowest BCUT2D eigenvalue weighted by Gasteiger charge is -2.56. The second kappa shape index (κ2) is 6.86. The van der Waals surface area contributed by atoms with Gasteiger partial charge >= 0.3 is 0 Å². The third-order valence-electron chi connectivity index (χ3n) is 8.25. The van der Waals surface area contributed by atoms with E-state index < -0.39 is 0 Å². The topological polar surface area (TPSA) is 21.3 Å². The van der Waals surface area contributed by atoms with Crippen LogP contribution in [0, 0.1) is 11.8 Å². The van der Waals surface area contributed by atoms with Gasteiger partial charge in [0.25, 0.3) is 0 Å². The minimum atomic E-state index is 0.359. The van der Waals surface area contributed by atoms with Crippen LogP contribution < -0.4 is 10.1 Å². The molecule has 0 amide bonds. The SMILES string of the molecule is CC(Oc1ccc2c(c1)[C@@]13CCCC[C@H]1[C@@H](C2)NCC3)C1CCCCC1. The molecule has 1 saturated heterocycles. The van der Waals surface area contributed by atoms with Gasteiger partial charge in [-0.05, 0) is 87.1 Å². The van der Waals surface area contributed by atoms with E-state index in [1.54, 1.807) is 11.1 Å². The molecular weight excluding hydrogens is 318 g/mol. The highest BCUT2D eigenvalue weighted by molar-refractivity contribution is 5.45. The number of hydrogen-bond donors (Lipinski definition) is 1. The monoisotopic (exact) mass is 353 g/mol. The molecule has 4 aliphatic rings. The summed E-state index contributed by atoms with van der Waals surface area (Å²) >= 11 is 0. The molecule has 2 bridgehead atoms. The molecule has 4 atom stereocenters. The van der Waals surface area contributed by atoms with E-state index in [1.807, 2.05) is 0 Å². The van der Waals surface area contributed by atoms with E-state index in [4.69, 9.17) is 4.74 Å². The molecule has 0 spiro atoms. The van der Waals surface area contributed by atoms with Crippen LogP contribution in [0.25, 0.3) is 0 Å². The van der Waals surface area contributed by atoms with Gasteiger partial charge in [-0.2, -0.15) is 0 Å². The second-order valence-electron chi connectivity index (χ2n) is 9.56. The molecule has 1 N–H and O–H groups in total. The first-order valence-electron chi connectivity index (χ1n) is 11.3. The van der Waals surface area contributed by atoms with Crippen LogP contribution in [0.2, 0.25) is 0 Å². The van der Waals surface area contributed by atoms with Crippen LogP contribution in [-0.4, -0.2) is 18.7 Å². The highest BCUT2D eigenvalue weighted by atomic mass is 16.5. The summed E-state index contributed by atoms with van der Waals surface area (Å²) in [7, 11) is 0. The molecule has 3 fully saturated rings. The number of fused-ring (bicyclic) bond motifs is 1. The van der Waals surface area contributed by atoms with Gasteiger partial charge in [-0.3, -0.25) is 0 Å². The number of benzene rings is 1. The first-order chi connectivity index (χ1) is 12.8. The van der Waals surface area contributed by atoms with Crippen LogP contribution in [-0.2, 0) is 11.8 Å². The van der Waals surface area contributed by atoms with Gasteiger partial charge in [-0.25, -0.2) is 0 Å². The fourth-order valence-electron chi connectivity index (χ4n) is 6.89. The first-order valence-corrected chi connectivity index (χ1v) is 11.3. The Kier molecular flexibility index (Phi) is 4.51. The zero-order valence-corrected chi connectivity index (χ0v) is 16.4. The van der Waals surface area contributed by atoms with Gasteiger partial charge in [-0.1, -0.05) is 38.2 Å². The van der Waals surface area contributed by atoms with Crippen molar-refractivity contribution in [3.8, 4) is 5.75 Å². The van der Waals surface area contributed by atoms with E-state index in [0.717, 1.165) is 17.6 Å². The normalized spacial score (nSPS) is 35.3. The summed E-state index contributed by atoms with van der Waals surface area (Å²) in [6.45, 7) is 3.50. The van der Waals surface area contributed by atoms with E-state index >= 15 is 0 Å². The molecule has 1 aromatic rings. The van der Waals surface area contributed by atoms with Crippen LogP contribution in [0.15, 0.2) is 18.2 Å². The number of nitrogens with one attached hydrogen (secondary N) is 1. The molecule has 1 heterocycles. The minimum absolute atomic E-state index is 0.359. The average molecular weight is 354 g/mol. The van der Waals surface area contributed by atoms with Crippen LogP contribution >= 0.6 is 0 Å². The third kappa shape index (κ3) is 2.80. The summed E-state index contributed by atoms with van der Waals surface area (Å²) in [6, 6.07) is 7.83. The maximum Gasteiger partial charge on any atom is 0.120 e. The molecule has 0 aromatic heterocycles. The predicted molar refractivity (Wildman–Crippen MR) is 107 cm³/mol. The largest absolute Gasteiger partial charge is 0.490 e. The fraction of sp³-hybridized carbons (Fsp3) is 0.750. The van der Waals surface area contributed by atoms with E-state index in [9.17, 15) is 0 Å². The van der Waals surface area contributed by atoms with E-state index in [-0.39, 0.29) is 0 Å². The molecule has 1 unspecified atom stereocenters. The van der Waals surface area contributed by atoms with Crippen molar-refractivity contribution < 1.29 is 4.74 Å². The summed E-state index contributed by atoms with van der Waals surface area (Å²) in [5.74, 6) is 2.74. The number of hydrogen-bond acceptors (Lipinski definition) is 2. The molecular formula is C24H35NO. The van der Waals surface area contributed by atoms with Crippen molar-refractivity contribution in [3.63, 3.8) is 0 Å². The molecule has 142 valence electrons. The minimum Gasteiger partial charge on any atom is -0.490 e. The summed E-state index contributed by atoms with van der Waals surface area (Å²) in [5, 5.41) is 3.84. The fourth-order valence-corrected chi connectivity index (χ4v) is 6.89. The van der Waals surface area contributed by atoms with Gasteiger partial charge in [0.05, 0.1) is 6.10 Å². The Morgan fingerprint density at radius 3 is 2.77 bits per heavy atom. The Morgan fingerprint density at radius 2 is 1.88 bits per heavy atom. The second-order valence-corrected chi connectivity index (χ2v) is 9.56. The molecule has 2 saturated carbocycles. The molecule has 5 rings (SSSR count). The quantitative estimate of drug-likeness (QED) is 0.787. The molecule has 1 aliphatic heterocycles. The smallest absolute Gasteiger partial charge is 0.120 e. The van der Waals surface area contributed by atoms with Crippen molar-refractivity contribution in [2.45, 2.75) is 95.1 Å². The number of piperidine rings is 1. The maximum absolute atomic E-state index is 6.52. The maximum atomic E-state index is 6.52. The molecule has 0 radical (unpaired) electrons. The number of ether oxygens (including phenoxy) is 1. The zero-order valence-electron chi connectivity index (χ0n) is 16.4. The Hall–Kier alpha value is -1.02. The van der Waals surface area contributed by atoms with Gasteiger partial charge < -0.3 is 10.1 Å². The van der Waals surface area contributed by atoms with Crippen molar-refractivity contribution >= 4 is 0 Å². The van der Waals surface area contributed by atoms with Crippen LogP contribution in [0.1, 0.15) is 82.3 Å². The summed E-state index contributed by atoms with van der Waals surface area (Å²) in [6.07, 6.45) is 15.5. The van der Waals surface area contributed by atoms with Gasteiger partial charge in [0.1, 0.15) is 5.75 Å². The van der Waals surface area contributed by atoms with Gasteiger partial charge in [0, 0.05) is 11.5 Å². The van der Waals surface area contributed by atoms with Crippen molar-refractivity contribution in [2.75, 3.05) is 6.54 Å². The Balaban J connectivity index is 1.43. The standard InChI is InChI=1S/C24H35NO/c1-17(18-7-3-2-4-8-18)26-20-11-10-19-15-23-21-9-5-6-12-24(21,13-14-25-23)22(19)16-20/h10-11,16-18,21,23,25H,2-9,12-15H2,1H3/t17?,21-,23+,24+/m0/s1. The van der Waals surface area contributed by atoms with Crippen molar-refractivity contribution in [1.29, 1.82) is 0 Å². The Morgan fingerprint density at radius 1 is 1.04 bits per heavy atom. The van der Waals surface area contributed by atoms with E-state index in [2.05, 4.69) is 30.4 Å². The molecule has 2 heteroatoms. The highest BCUT2D eigenvalue weighted by Crippen LogP contribution is 2.54. The predicted octanol–water partition coefficient (Wildman–Crippen LogP) is 5.38. The number of rotatable bonds is 3. The third-order valence-corrected chi connectivity index (χ3v) is 8.25. The van der Waals surface area contributed by atoms with Crippen molar-refractivity contribution in [2.24, 2.45) is 11.8 Å². The summed E-state index contributed by atoms with van der Waals surface area (Å²) in [5.41, 5.74) is 3.70. The molecule has 26 heavy (non-hydrogen) atoms. The van der Waals surface area contributed by atoms with Crippen LogP contribution in [0.5, 0.6) is 5.75 Å². The van der Waals surface area contributed by atoms with Crippen molar-refractivity contribution in [1.82, 2.24) is 5.32 Å². The van der Waals surface area contributed by atoms with Gasteiger partial charge in [0.15, 0.2) is 0 Å². The zero-order chi connectivity index (χ0) is 17.6. The highest BCUT2D eigenvalue weighted by Gasteiger charge is 2.51. The lowest BCUT2D eigenvalue weighted by molar-refractivity contribution is 0.0785. The van der Waals surface area contributed by atoms with Crippen molar-refractivity contribution in [3.05, 3.63) is 29.3 Å². The van der Waals surface area contributed by atoms with Crippen LogP contribution in [0.4, 0.5) is 0 Å². The summed E-state index contributed by atoms with van der Waals surface area (Å²) in [4.78, 5) is 0. The lowest BCUT2D eigenvalue weighted by atomic mass is 9.53. The average Bonchev–Trinajstić information content (AvgIpc) is 2.69. The van der Waals surface area contributed by atoms with Crippen LogP contribution in [0.3, 0.4) is 0 Å². The van der Waals surface area contributed by atoms with E-state index in [0.29, 0.717) is 17.6 Å². The molecule has 1 aromatic carbocycles. The summed E-state index contributed by atoms with van der Waals surface area (Å²) < 4.78 is 6.52. The van der Waals surface area contributed by atoms with Gasteiger partial charge in [0.2, 0.25) is 0 Å². The van der Waals surface area contributed by atoms with Gasteiger partial charge in [-0.15, -0.1) is 0 Å². The first kappa shape index (κ1) is 17.1. The molecule has 3 aliphatic carbocycles. The Labute approximate surface area is 159 Å². The molecule has 2 nitrogen and oxygen atoms in total. The Bertz CT molecular complexity index is 646. The van der Waals surface area contributed by atoms with E-state index in [1.165, 1.54) is 77.2 Å².